The van der Waals surface area contributed by atoms with Gasteiger partial charge < -0.3 is 15.0 Å². The molecule has 0 amide bonds. The van der Waals surface area contributed by atoms with E-state index in [4.69, 9.17) is 4.74 Å². The summed E-state index contributed by atoms with van der Waals surface area (Å²) in [5.41, 5.74) is 2.04. The summed E-state index contributed by atoms with van der Waals surface area (Å²) in [5, 5.41) is 3.56. The molecule has 2 aromatic rings. The Hall–Kier alpha value is -1.55. The molecular weight excluding hydrogens is 226 g/mol. The number of nitrogens with zero attached hydrogens (tertiary/aromatic N) is 1. The number of aromatic amines is 1. The maximum atomic E-state index is 5.21. The van der Waals surface area contributed by atoms with Gasteiger partial charge in [0.25, 0.3) is 0 Å². The van der Waals surface area contributed by atoms with E-state index in [9.17, 15) is 0 Å². The Labute approximate surface area is 107 Å². The van der Waals surface area contributed by atoms with E-state index in [1.54, 1.807) is 7.11 Å². The summed E-state index contributed by atoms with van der Waals surface area (Å²) in [6, 6.07) is 6.59. The maximum Gasteiger partial charge on any atom is 0.121 e. The number of fused-ring (bicyclic) bond motifs is 1. The number of methoxy groups -OCH3 is 1. The first-order valence-electron chi connectivity index (χ1n) is 6.61. The first-order valence-corrected chi connectivity index (χ1v) is 6.61. The minimum absolute atomic E-state index is 0.674. The number of rotatable bonds is 4. The Balaban J connectivity index is 1.72. The summed E-state index contributed by atoms with van der Waals surface area (Å²) in [5.74, 6) is 1.87. The number of nitrogens with one attached hydrogen (secondary N) is 2. The van der Waals surface area contributed by atoms with Gasteiger partial charge >= 0.3 is 0 Å². The zero-order chi connectivity index (χ0) is 12.4. The zero-order valence-corrected chi connectivity index (χ0v) is 10.7. The van der Waals surface area contributed by atoms with E-state index in [0.717, 1.165) is 29.2 Å². The van der Waals surface area contributed by atoms with Crippen molar-refractivity contribution >= 4 is 11.0 Å². The molecule has 0 bridgehead atoms. The number of ether oxygens (including phenoxy) is 1. The fourth-order valence-electron chi connectivity index (χ4n) is 2.62. The van der Waals surface area contributed by atoms with Crippen LogP contribution in [-0.2, 0) is 6.54 Å². The summed E-state index contributed by atoms with van der Waals surface area (Å²) in [4.78, 5) is 7.92. The SMILES string of the molecule is COc1ccc2nc(CNC3CCCC3)[nH]c2c1. The van der Waals surface area contributed by atoms with Crippen molar-refractivity contribution < 1.29 is 4.74 Å². The van der Waals surface area contributed by atoms with Crippen molar-refractivity contribution in [2.75, 3.05) is 7.11 Å². The highest BCUT2D eigenvalue weighted by atomic mass is 16.5. The molecule has 0 aliphatic heterocycles. The average Bonchev–Trinajstić information content (AvgIpc) is 3.04. The molecular formula is C14H19N3O. The van der Waals surface area contributed by atoms with Gasteiger partial charge in [-0.15, -0.1) is 0 Å². The van der Waals surface area contributed by atoms with Crippen LogP contribution in [0, 0.1) is 0 Å². The minimum atomic E-state index is 0.674. The number of H-pyrrole nitrogens is 1. The topological polar surface area (TPSA) is 49.9 Å². The van der Waals surface area contributed by atoms with E-state index >= 15 is 0 Å². The van der Waals surface area contributed by atoms with Crippen LogP contribution in [0.3, 0.4) is 0 Å². The van der Waals surface area contributed by atoms with Gasteiger partial charge in [0, 0.05) is 12.1 Å². The van der Waals surface area contributed by atoms with Crippen molar-refractivity contribution in [2.45, 2.75) is 38.3 Å². The molecule has 0 atom stereocenters. The molecule has 1 fully saturated rings. The Morgan fingerprint density at radius 2 is 2.22 bits per heavy atom. The summed E-state index contributed by atoms with van der Waals surface area (Å²) in [6.45, 7) is 0.821. The van der Waals surface area contributed by atoms with Crippen LogP contribution in [0.4, 0.5) is 0 Å². The third-order valence-corrected chi connectivity index (χ3v) is 3.65. The molecule has 18 heavy (non-hydrogen) atoms. The lowest BCUT2D eigenvalue weighted by molar-refractivity contribution is 0.415. The Kier molecular flexibility index (Phi) is 3.19. The molecule has 0 spiro atoms. The van der Waals surface area contributed by atoms with Gasteiger partial charge in [-0.3, -0.25) is 0 Å². The van der Waals surface area contributed by atoms with Crippen LogP contribution in [0.5, 0.6) is 5.75 Å². The van der Waals surface area contributed by atoms with Gasteiger partial charge in [-0.05, 0) is 25.0 Å². The quantitative estimate of drug-likeness (QED) is 0.870. The largest absolute Gasteiger partial charge is 0.497 e. The molecule has 2 N–H and O–H groups in total. The van der Waals surface area contributed by atoms with Gasteiger partial charge in [0.2, 0.25) is 0 Å². The lowest BCUT2D eigenvalue weighted by Crippen LogP contribution is -2.25. The van der Waals surface area contributed by atoms with Crippen molar-refractivity contribution in [2.24, 2.45) is 0 Å². The van der Waals surface area contributed by atoms with Gasteiger partial charge in [0.1, 0.15) is 11.6 Å². The predicted molar refractivity (Wildman–Crippen MR) is 71.7 cm³/mol. The summed E-state index contributed by atoms with van der Waals surface area (Å²) >= 11 is 0. The second kappa shape index (κ2) is 4.98. The van der Waals surface area contributed by atoms with Crippen LogP contribution in [-0.4, -0.2) is 23.1 Å². The molecule has 96 valence electrons. The first-order chi connectivity index (χ1) is 8.85. The molecule has 0 unspecified atom stereocenters. The number of aromatic nitrogens is 2. The highest BCUT2D eigenvalue weighted by Gasteiger charge is 2.14. The second-order valence-corrected chi connectivity index (χ2v) is 4.93. The highest BCUT2D eigenvalue weighted by Crippen LogP contribution is 2.20. The van der Waals surface area contributed by atoms with Crippen molar-refractivity contribution in [1.29, 1.82) is 0 Å². The van der Waals surface area contributed by atoms with Crippen molar-refractivity contribution in [3.05, 3.63) is 24.0 Å². The molecule has 1 aromatic carbocycles. The number of imidazole rings is 1. The van der Waals surface area contributed by atoms with Crippen molar-refractivity contribution in [1.82, 2.24) is 15.3 Å². The number of benzene rings is 1. The van der Waals surface area contributed by atoms with Gasteiger partial charge in [-0.25, -0.2) is 4.98 Å². The van der Waals surface area contributed by atoms with Crippen LogP contribution in [0.15, 0.2) is 18.2 Å². The van der Waals surface area contributed by atoms with E-state index in [1.807, 2.05) is 18.2 Å². The molecule has 4 nitrogen and oxygen atoms in total. The zero-order valence-electron chi connectivity index (χ0n) is 10.7. The van der Waals surface area contributed by atoms with Crippen LogP contribution in [0.2, 0.25) is 0 Å². The minimum Gasteiger partial charge on any atom is -0.497 e. The predicted octanol–water partition coefficient (Wildman–Crippen LogP) is 2.60. The third kappa shape index (κ3) is 2.34. The third-order valence-electron chi connectivity index (χ3n) is 3.65. The summed E-state index contributed by atoms with van der Waals surface area (Å²) in [6.07, 6.45) is 5.31. The summed E-state index contributed by atoms with van der Waals surface area (Å²) in [7, 11) is 1.68. The van der Waals surface area contributed by atoms with Gasteiger partial charge in [-0.1, -0.05) is 12.8 Å². The number of hydrogen-bond donors (Lipinski definition) is 2. The van der Waals surface area contributed by atoms with E-state index in [-0.39, 0.29) is 0 Å². The number of hydrogen-bond acceptors (Lipinski definition) is 3. The van der Waals surface area contributed by atoms with Crippen LogP contribution < -0.4 is 10.1 Å². The Morgan fingerprint density at radius 1 is 1.39 bits per heavy atom. The van der Waals surface area contributed by atoms with Gasteiger partial charge in [-0.2, -0.15) is 0 Å². The van der Waals surface area contributed by atoms with Crippen molar-refractivity contribution in [3.63, 3.8) is 0 Å². The van der Waals surface area contributed by atoms with Crippen LogP contribution in [0.1, 0.15) is 31.5 Å². The molecule has 4 heteroatoms. The van der Waals surface area contributed by atoms with E-state index in [2.05, 4.69) is 15.3 Å². The van der Waals surface area contributed by atoms with Gasteiger partial charge in [0.15, 0.2) is 0 Å². The molecule has 1 aliphatic rings. The lowest BCUT2D eigenvalue weighted by Gasteiger charge is -2.09. The second-order valence-electron chi connectivity index (χ2n) is 4.93. The molecule has 1 heterocycles. The molecule has 0 saturated heterocycles. The standard InChI is InChI=1S/C14H19N3O/c1-18-11-6-7-12-13(8-11)17-14(16-12)9-15-10-4-2-3-5-10/h6-8,10,15H,2-5,9H2,1H3,(H,16,17). The first kappa shape index (κ1) is 11.5. The molecule has 3 rings (SSSR count). The van der Waals surface area contributed by atoms with Crippen LogP contribution >= 0.6 is 0 Å². The van der Waals surface area contributed by atoms with E-state index in [1.165, 1.54) is 25.7 Å². The summed E-state index contributed by atoms with van der Waals surface area (Å²) < 4.78 is 5.21. The smallest absolute Gasteiger partial charge is 0.121 e. The van der Waals surface area contributed by atoms with E-state index in [0.29, 0.717) is 6.04 Å². The molecule has 1 aromatic heterocycles. The van der Waals surface area contributed by atoms with E-state index < -0.39 is 0 Å². The monoisotopic (exact) mass is 245 g/mol. The van der Waals surface area contributed by atoms with Crippen molar-refractivity contribution in [3.8, 4) is 5.75 Å². The Bertz CT molecular complexity index is 529. The lowest BCUT2D eigenvalue weighted by atomic mass is 10.2. The normalized spacial score (nSPS) is 16.5. The molecule has 0 radical (unpaired) electrons. The van der Waals surface area contributed by atoms with Crippen LogP contribution in [0.25, 0.3) is 11.0 Å². The fourth-order valence-corrected chi connectivity index (χ4v) is 2.62. The van der Waals surface area contributed by atoms with Gasteiger partial charge in [0.05, 0.1) is 24.7 Å². The maximum absolute atomic E-state index is 5.21. The molecule has 1 aliphatic carbocycles. The average molecular weight is 245 g/mol. The highest BCUT2D eigenvalue weighted by molar-refractivity contribution is 5.76. The fraction of sp³-hybridized carbons (Fsp3) is 0.500. The molecule has 1 saturated carbocycles. The Morgan fingerprint density at radius 3 is 3.00 bits per heavy atom.